The smallest absolute Gasteiger partial charge is 0.356 e. The predicted molar refractivity (Wildman–Crippen MR) is 57.2 cm³/mol. The number of carboxylic acids is 1. The average molecular weight is 233 g/mol. The largest absolute Gasteiger partial charge is 0.476 e. The van der Waals surface area contributed by atoms with Crippen LogP contribution >= 0.6 is 0 Å². The van der Waals surface area contributed by atoms with Gasteiger partial charge in [-0.25, -0.2) is 9.48 Å². The Hall–Kier alpha value is -2.70. The molecule has 1 heterocycles. The van der Waals surface area contributed by atoms with Crippen molar-refractivity contribution in [2.75, 3.05) is 0 Å². The molecule has 0 bridgehead atoms. The number of nitrogens with zero attached hydrogens (tertiary/aromatic N) is 3. The van der Waals surface area contributed by atoms with Gasteiger partial charge in [0.2, 0.25) is 0 Å². The number of hydrogen-bond donors (Lipinski definition) is 1. The van der Waals surface area contributed by atoms with Gasteiger partial charge in [-0.2, -0.15) is 5.10 Å². The first-order valence-electron chi connectivity index (χ1n) is 4.62. The van der Waals surface area contributed by atoms with Gasteiger partial charge in [0, 0.05) is 18.3 Å². The molecule has 86 valence electrons. The Balaban J connectivity index is 2.42. The lowest BCUT2D eigenvalue weighted by Gasteiger charge is -2.00. The molecule has 7 heteroatoms. The Labute approximate surface area is 95.1 Å². The number of carboxylic acid groups (broad SMARTS) is 1. The Morgan fingerprint density at radius 1 is 1.41 bits per heavy atom. The highest BCUT2D eigenvalue weighted by Gasteiger charge is 2.10. The van der Waals surface area contributed by atoms with Crippen molar-refractivity contribution in [3.05, 3.63) is 52.3 Å². The van der Waals surface area contributed by atoms with E-state index in [4.69, 9.17) is 5.11 Å². The van der Waals surface area contributed by atoms with Crippen molar-refractivity contribution in [1.82, 2.24) is 9.78 Å². The molecule has 0 saturated heterocycles. The molecule has 0 amide bonds. The third-order valence-electron chi connectivity index (χ3n) is 2.11. The van der Waals surface area contributed by atoms with Gasteiger partial charge in [-0.05, 0) is 12.1 Å². The molecule has 1 aromatic heterocycles. The van der Waals surface area contributed by atoms with Gasteiger partial charge in [0.05, 0.1) is 10.6 Å². The van der Waals surface area contributed by atoms with Gasteiger partial charge in [-0.3, -0.25) is 10.1 Å². The molecule has 2 rings (SSSR count). The summed E-state index contributed by atoms with van der Waals surface area (Å²) in [5.41, 5.74) is 0.248. The molecule has 17 heavy (non-hydrogen) atoms. The van der Waals surface area contributed by atoms with Gasteiger partial charge < -0.3 is 5.11 Å². The highest BCUT2D eigenvalue weighted by atomic mass is 16.6. The highest BCUT2D eigenvalue weighted by molar-refractivity contribution is 5.85. The quantitative estimate of drug-likeness (QED) is 0.639. The van der Waals surface area contributed by atoms with E-state index < -0.39 is 10.9 Å². The van der Waals surface area contributed by atoms with Gasteiger partial charge in [0.15, 0.2) is 5.69 Å². The molecule has 0 radical (unpaired) electrons. The standard InChI is InChI=1S/C10H7N3O4/c14-10(15)9-4-5-12(11-9)7-2-1-3-8(6-7)13(16)17/h1-6H,(H,14,15). The number of nitro groups is 1. The second-order valence-corrected chi connectivity index (χ2v) is 3.23. The summed E-state index contributed by atoms with van der Waals surface area (Å²) in [6, 6.07) is 7.10. The maximum Gasteiger partial charge on any atom is 0.356 e. The lowest BCUT2D eigenvalue weighted by molar-refractivity contribution is -0.384. The van der Waals surface area contributed by atoms with Crippen LogP contribution in [0.25, 0.3) is 5.69 Å². The second-order valence-electron chi connectivity index (χ2n) is 3.23. The molecular weight excluding hydrogens is 226 g/mol. The summed E-state index contributed by atoms with van der Waals surface area (Å²) < 4.78 is 1.27. The first kappa shape index (κ1) is 10.8. The van der Waals surface area contributed by atoms with Crippen LogP contribution in [0.5, 0.6) is 0 Å². The van der Waals surface area contributed by atoms with E-state index in [2.05, 4.69) is 5.10 Å². The van der Waals surface area contributed by atoms with Crippen molar-refractivity contribution in [2.45, 2.75) is 0 Å². The number of carbonyl (C=O) groups is 1. The molecule has 1 N–H and O–H groups in total. The Morgan fingerprint density at radius 2 is 2.18 bits per heavy atom. The lowest BCUT2D eigenvalue weighted by atomic mass is 10.3. The summed E-state index contributed by atoms with van der Waals surface area (Å²) in [5, 5.41) is 23.1. The minimum Gasteiger partial charge on any atom is -0.476 e. The zero-order chi connectivity index (χ0) is 12.4. The molecule has 0 aliphatic heterocycles. The van der Waals surface area contributed by atoms with E-state index in [1.165, 1.54) is 35.1 Å². The first-order chi connectivity index (χ1) is 8.08. The second kappa shape index (κ2) is 4.05. The van der Waals surface area contributed by atoms with Gasteiger partial charge >= 0.3 is 5.97 Å². The zero-order valence-electron chi connectivity index (χ0n) is 8.48. The molecule has 0 aliphatic carbocycles. The zero-order valence-corrected chi connectivity index (χ0v) is 8.48. The number of aromatic nitrogens is 2. The number of hydrogen-bond acceptors (Lipinski definition) is 4. The molecule has 0 atom stereocenters. The van der Waals surface area contributed by atoms with Crippen LogP contribution in [-0.2, 0) is 0 Å². The van der Waals surface area contributed by atoms with Crippen LogP contribution in [0.1, 0.15) is 10.5 Å². The summed E-state index contributed by atoms with van der Waals surface area (Å²) in [5.74, 6) is -1.14. The topological polar surface area (TPSA) is 98.3 Å². The fraction of sp³-hybridized carbons (Fsp3) is 0. The van der Waals surface area contributed by atoms with Gasteiger partial charge in [-0.15, -0.1) is 0 Å². The third-order valence-corrected chi connectivity index (χ3v) is 2.11. The molecular formula is C10H7N3O4. The number of aromatic carboxylic acids is 1. The summed E-state index contributed by atoms with van der Waals surface area (Å²) in [6.07, 6.45) is 1.43. The monoisotopic (exact) mass is 233 g/mol. The Kier molecular flexibility index (Phi) is 2.57. The number of nitro benzene ring substituents is 1. The summed E-state index contributed by atoms with van der Waals surface area (Å²) >= 11 is 0. The minimum absolute atomic E-state index is 0.0742. The van der Waals surface area contributed by atoms with E-state index in [-0.39, 0.29) is 11.4 Å². The molecule has 0 spiro atoms. The fourth-order valence-electron chi connectivity index (χ4n) is 1.33. The molecule has 7 nitrogen and oxygen atoms in total. The van der Waals surface area contributed by atoms with Crippen molar-refractivity contribution in [2.24, 2.45) is 0 Å². The third kappa shape index (κ3) is 2.12. The van der Waals surface area contributed by atoms with E-state index in [9.17, 15) is 14.9 Å². The van der Waals surface area contributed by atoms with Gasteiger partial charge in [-0.1, -0.05) is 6.07 Å². The predicted octanol–water partition coefficient (Wildman–Crippen LogP) is 1.48. The van der Waals surface area contributed by atoms with E-state index in [1.54, 1.807) is 6.07 Å². The summed E-state index contributed by atoms with van der Waals surface area (Å²) in [6.45, 7) is 0. The van der Waals surface area contributed by atoms with E-state index in [0.29, 0.717) is 5.69 Å². The molecule has 0 saturated carbocycles. The molecule has 1 aromatic carbocycles. The van der Waals surface area contributed by atoms with Crippen LogP contribution < -0.4 is 0 Å². The lowest BCUT2D eigenvalue weighted by Crippen LogP contribution is -2.01. The van der Waals surface area contributed by atoms with Gasteiger partial charge in [0.1, 0.15) is 0 Å². The highest BCUT2D eigenvalue weighted by Crippen LogP contribution is 2.16. The maximum absolute atomic E-state index is 10.6. The first-order valence-corrected chi connectivity index (χ1v) is 4.62. The van der Waals surface area contributed by atoms with Gasteiger partial charge in [0.25, 0.3) is 5.69 Å². The molecule has 2 aromatic rings. The molecule has 0 aliphatic rings. The maximum atomic E-state index is 10.6. The van der Waals surface area contributed by atoms with Crippen molar-refractivity contribution in [3.63, 3.8) is 0 Å². The van der Waals surface area contributed by atoms with Crippen LogP contribution in [0, 0.1) is 10.1 Å². The fourth-order valence-corrected chi connectivity index (χ4v) is 1.33. The van der Waals surface area contributed by atoms with E-state index >= 15 is 0 Å². The SMILES string of the molecule is O=C(O)c1ccn(-c2cccc([N+](=O)[O-])c2)n1. The van der Waals surface area contributed by atoms with E-state index in [1.807, 2.05) is 0 Å². The summed E-state index contributed by atoms with van der Waals surface area (Å²) in [7, 11) is 0. The average Bonchev–Trinajstić information content (AvgIpc) is 2.78. The van der Waals surface area contributed by atoms with Crippen LogP contribution in [0.15, 0.2) is 36.5 Å². The number of non-ortho nitro benzene ring substituents is 1. The van der Waals surface area contributed by atoms with Crippen molar-refractivity contribution < 1.29 is 14.8 Å². The van der Waals surface area contributed by atoms with Crippen molar-refractivity contribution in [1.29, 1.82) is 0 Å². The summed E-state index contributed by atoms with van der Waals surface area (Å²) in [4.78, 5) is 20.7. The normalized spacial score (nSPS) is 10.1. The van der Waals surface area contributed by atoms with E-state index in [0.717, 1.165) is 0 Å². The number of benzene rings is 1. The van der Waals surface area contributed by atoms with Crippen molar-refractivity contribution >= 4 is 11.7 Å². The minimum atomic E-state index is -1.14. The van der Waals surface area contributed by atoms with Crippen LogP contribution in [0.2, 0.25) is 0 Å². The van der Waals surface area contributed by atoms with Crippen molar-refractivity contribution in [3.8, 4) is 5.69 Å². The Bertz CT molecular complexity index is 591. The van der Waals surface area contributed by atoms with Crippen LogP contribution in [0.4, 0.5) is 5.69 Å². The Morgan fingerprint density at radius 3 is 2.76 bits per heavy atom. The molecule has 0 fully saturated rings. The van der Waals surface area contributed by atoms with Crippen LogP contribution in [0.3, 0.4) is 0 Å². The van der Waals surface area contributed by atoms with Crippen LogP contribution in [-0.4, -0.2) is 25.8 Å². The molecule has 0 unspecified atom stereocenters. The number of rotatable bonds is 3.